The number of aromatic nitrogens is 4. The molecule has 4 rings (SSSR count). The van der Waals surface area contributed by atoms with E-state index >= 15 is 0 Å². The summed E-state index contributed by atoms with van der Waals surface area (Å²) in [5.74, 6) is -3.90. The minimum Gasteiger partial charge on any atom is -0.464 e. The number of alkyl halides is 6. The number of esters is 1. The fourth-order valence-electron chi connectivity index (χ4n) is 3.50. The van der Waals surface area contributed by atoms with Crippen molar-refractivity contribution in [2.24, 2.45) is 5.73 Å². The minimum absolute atomic E-state index is 0.129. The van der Waals surface area contributed by atoms with Gasteiger partial charge >= 0.3 is 18.3 Å². The third-order valence-corrected chi connectivity index (χ3v) is 4.87. The number of carbonyl (C=O) groups excluding carboxylic acids is 2. The quantitative estimate of drug-likeness (QED) is 0.428. The lowest BCUT2D eigenvalue weighted by Gasteiger charge is -2.18. The number of fused-ring (bicyclic) bond motifs is 2. The molecule has 1 amide bonds. The molecule has 10 nitrogen and oxygen atoms in total. The Morgan fingerprint density at radius 3 is 1.70 bits per heavy atom. The van der Waals surface area contributed by atoms with Gasteiger partial charge in [-0.1, -0.05) is 0 Å². The number of amides is 1. The lowest BCUT2D eigenvalue weighted by molar-refractivity contribution is -0.148. The Labute approximate surface area is 182 Å². The summed E-state index contributed by atoms with van der Waals surface area (Å²) in [6.45, 7) is 1.42. The molecule has 0 atom stereocenters. The number of nitrogens with zero attached hydrogens (tertiary/aromatic N) is 4. The van der Waals surface area contributed by atoms with Gasteiger partial charge in [0.25, 0.3) is 5.91 Å². The molecule has 0 bridgehead atoms. The standard InChI is InChI=1S/C9H10F3N3O2.C8H9F3N4O/c1-17-7(16)6-5-4-13-2-3-15(5)8(14-6)9(10,11)12;9-8(10,11)7-14-5(6(12)16)4-3-13-1-2-15(4)7/h13H,2-4H2,1H3;13H,1-3H2,(H2,12,16). The zero-order valence-corrected chi connectivity index (χ0v) is 17.1. The summed E-state index contributed by atoms with van der Waals surface area (Å²) in [5, 5.41) is 5.75. The highest BCUT2D eigenvalue weighted by molar-refractivity contribution is 5.92. The first-order valence-electron chi connectivity index (χ1n) is 9.49. The van der Waals surface area contributed by atoms with E-state index in [1.165, 1.54) is 0 Å². The van der Waals surface area contributed by atoms with Crippen LogP contribution in [0.25, 0.3) is 0 Å². The van der Waals surface area contributed by atoms with Crippen molar-refractivity contribution in [3.63, 3.8) is 0 Å². The van der Waals surface area contributed by atoms with Gasteiger partial charge in [-0.05, 0) is 0 Å². The van der Waals surface area contributed by atoms with Gasteiger partial charge in [-0.15, -0.1) is 0 Å². The van der Waals surface area contributed by atoms with Crippen molar-refractivity contribution in [2.75, 3.05) is 20.2 Å². The van der Waals surface area contributed by atoms with Gasteiger partial charge in [0.2, 0.25) is 11.6 Å². The van der Waals surface area contributed by atoms with Crippen molar-refractivity contribution in [3.8, 4) is 0 Å². The number of rotatable bonds is 2. The Bertz CT molecular complexity index is 1060. The van der Waals surface area contributed by atoms with E-state index in [0.717, 1.165) is 16.2 Å². The second kappa shape index (κ2) is 9.01. The van der Waals surface area contributed by atoms with E-state index in [4.69, 9.17) is 5.73 Å². The number of imidazole rings is 2. The topological polar surface area (TPSA) is 129 Å². The molecule has 182 valence electrons. The van der Waals surface area contributed by atoms with Crippen LogP contribution in [0.5, 0.6) is 0 Å². The molecule has 0 radical (unpaired) electrons. The number of nitrogens with one attached hydrogen (secondary N) is 2. The average molecular weight is 483 g/mol. The Balaban J connectivity index is 0.000000186. The van der Waals surface area contributed by atoms with Crippen molar-refractivity contribution in [1.82, 2.24) is 29.7 Å². The van der Waals surface area contributed by atoms with Crippen molar-refractivity contribution in [1.29, 1.82) is 0 Å². The highest BCUT2D eigenvalue weighted by Crippen LogP contribution is 2.32. The maximum Gasteiger partial charge on any atom is 0.449 e. The molecular weight excluding hydrogens is 464 g/mol. The van der Waals surface area contributed by atoms with Crippen LogP contribution in [0.1, 0.15) is 44.0 Å². The molecule has 16 heteroatoms. The number of methoxy groups -OCH3 is 1. The van der Waals surface area contributed by atoms with Crippen LogP contribution in [-0.2, 0) is 43.3 Å². The van der Waals surface area contributed by atoms with Gasteiger partial charge in [0.05, 0.1) is 18.5 Å². The van der Waals surface area contributed by atoms with Gasteiger partial charge in [-0.2, -0.15) is 26.3 Å². The van der Waals surface area contributed by atoms with Crippen molar-refractivity contribution < 1.29 is 40.7 Å². The molecule has 0 aromatic carbocycles. The molecule has 4 heterocycles. The summed E-state index contributed by atoms with van der Waals surface area (Å²) in [6, 6.07) is 0. The summed E-state index contributed by atoms with van der Waals surface area (Å²) in [4.78, 5) is 28.9. The van der Waals surface area contributed by atoms with E-state index in [1.54, 1.807) is 0 Å². The lowest BCUT2D eigenvalue weighted by atomic mass is 10.2. The molecule has 0 aliphatic carbocycles. The molecule has 0 saturated carbocycles. The summed E-state index contributed by atoms with van der Waals surface area (Å²) >= 11 is 0. The van der Waals surface area contributed by atoms with Crippen molar-refractivity contribution in [2.45, 2.75) is 38.5 Å². The smallest absolute Gasteiger partial charge is 0.449 e. The number of hydrogen-bond donors (Lipinski definition) is 3. The molecule has 0 spiro atoms. The first-order valence-corrected chi connectivity index (χ1v) is 9.49. The number of hydrogen-bond acceptors (Lipinski definition) is 7. The number of halogens is 6. The van der Waals surface area contributed by atoms with E-state index in [2.05, 4.69) is 25.3 Å². The van der Waals surface area contributed by atoms with Crippen LogP contribution >= 0.6 is 0 Å². The molecular formula is C17H19F6N7O3. The SMILES string of the molecule is COC(=O)c1nc(C(F)(F)F)n2c1CNCC2.NC(=O)c1nc(C(F)(F)F)n2c1CNCC2. The maximum atomic E-state index is 12.7. The first-order chi connectivity index (χ1) is 15.4. The second-order valence-corrected chi connectivity index (χ2v) is 6.97. The first kappa shape index (κ1) is 24.5. The number of nitrogens with two attached hydrogens (primary N) is 1. The number of primary amides is 1. The number of ether oxygens (including phenoxy) is 1. The Morgan fingerprint density at radius 2 is 1.30 bits per heavy atom. The summed E-state index contributed by atoms with van der Waals surface area (Å²) in [5.41, 5.74) is 4.83. The molecule has 2 aliphatic rings. The molecule has 2 aromatic heterocycles. The van der Waals surface area contributed by atoms with Gasteiger partial charge in [0.15, 0.2) is 11.4 Å². The fraction of sp³-hybridized carbons (Fsp3) is 0.529. The Hall–Kier alpha value is -3.14. The van der Waals surface area contributed by atoms with E-state index in [0.29, 0.717) is 13.1 Å². The van der Waals surface area contributed by atoms with Crippen LogP contribution in [0.15, 0.2) is 0 Å². The molecule has 2 aliphatic heterocycles. The Morgan fingerprint density at radius 1 is 0.879 bits per heavy atom. The number of carbonyl (C=O) groups is 2. The van der Waals surface area contributed by atoms with Gasteiger partial charge in [-0.25, -0.2) is 14.8 Å². The fourth-order valence-corrected chi connectivity index (χ4v) is 3.50. The normalized spacial score (nSPS) is 15.7. The van der Waals surface area contributed by atoms with E-state index in [1.807, 2.05) is 0 Å². The maximum absolute atomic E-state index is 12.7. The largest absolute Gasteiger partial charge is 0.464 e. The summed E-state index contributed by atoms with van der Waals surface area (Å²) in [7, 11) is 1.11. The van der Waals surface area contributed by atoms with Gasteiger partial charge < -0.3 is 30.2 Å². The van der Waals surface area contributed by atoms with Crippen LogP contribution in [0.3, 0.4) is 0 Å². The van der Waals surface area contributed by atoms with E-state index in [9.17, 15) is 35.9 Å². The summed E-state index contributed by atoms with van der Waals surface area (Å²) < 4.78 is 82.3. The van der Waals surface area contributed by atoms with E-state index < -0.39 is 35.9 Å². The zero-order valence-electron chi connectivity index (χ0n) is 17.1. The van der Waals surface area contributed by atoms with Crippen LogP contribution in [0.4, 0.5) is 26.3 Å². The third kappa shape index (κ3) is 4.95. The van der Waals surface area contributed by atoms with Crippen molar-refractivity contribution >= 4 is 11.9 Å². The minimum atomic E-state index is -4.57. The van der Waals surface area contributed by atoms with E-state index in [-0.39, 0.29) is 49.0 Å². The third-order valence-electron chi connectivity index (χ3n) is 4.87. The molecule has 0 unspecified atom stereocenters. The summed E-state index contributed by atoms with van der Waals surface area (Å²) in [6.07, 6.45) is -9.14. The molecule has 0 saturated heterocycles. The molecule has 2 aromatic rings. The molecule has 0 fully saturated rings. The molecule has 33 heavy (non-hydrogen) atoms. The van der Waals surface area contributed by atoms with Crippen LogP contribution in [0.2, 0.25) is 0 Å². The van der Waals surface area contributed by atoms with Crippen LogP contribution < -0.4 is 16.4 Å². The second-order valence-electron chi connectivity index (χ2n) is 6.97. The highest BCUT2D eigenvalue weighted by Gasteiger charge is 2.41. The van der Waals surface area contributed by atoms with Gasteiger partial charge in [0.1, 0.15) is 0 Å². The van der Waals surface area contributed by atoms with Crippen LogP contribution in [0, 0.1) is 0 Å². The zero-order chi connectivity index (χ0) is 24.6. The predicted octanol–water partition coefficient (Wildman–Crippen LogP) is 0.896. The highest BCUT2D eigenvalue weighted by atomic mass is 19.4. The van der Waals surface area contributed by atoms with Gasteiger partial charge in [-0.3, -0.25) is 4.79 Å². The van der Waals surface area contributed by atoms with Crippen molar-refractivity contribution in [3.05, 3.63) is 34.4 Å². The predicted molar refractivity (Wildman–Crippen MR) is 97.7 cm³/mol. The monoisotopic (exact) mass is 483 g/mol. The van der Waals surface area contributed by atoms with Crippen LogP contribution in [-0.4, -0.2) is 51.2 Å². The Kier molecular flexibility index (Phi) is 6.69. The average Bonchev–Trinajstić information content (AvgIpc) is 3.33. The lowest BCUT2D eigenvalue weighted by Crippen LogP contribution is -2.31. The van der Waals surface area contributed by atoms with Gasteiger partial charge in [0, 0.05) is 39.3 Å². The molecule has 4 N–H and O–H groups in total.